The second-order valence-electron chi connectivity index (χ2n) is 5.85. The predicted octanol–water partition coefficient (Wildman–Crippen LogP) is 4.48. The molecule has 1 heterocycles. The Hall–Kier alpha value is -2.46. The topological polar surface area (TPSA) is 42.2 Å². The van der Waals surface area contributed by atoms with Crippen molar-refractivity contribution in [2.24, 2.45) is 0 Å². The Labute approximate surface area is 143 Å². The zero-order valence-electron chi connectivity index (χ0n) is 14.4. The van der Waals surface area contributed by atoms with Gasteiger partial charge in [0.1, 0.15) is 6.04 Å². The van der Waals surface area contributed by atoms with E-state index in [1.807, 2.05) is 30.3 Å². The summed E-state index contributed by atoms with van der Waals surface area (Å²) in [7, 11) is 0. The first-order valence-corrected chi connectivity index (χ1v) is 8.42. The Morgan fingerprint density at radius 1 is 0.917 bits per heavy atom. The van der Waals surface area contributed by atoms with Gasteiger partial charge in [0.2, 0.25) is 11.8 Å². The molecule has 124 valence electrons. The van der Waals surface area contributed by atoms with Crippen molar-refractivity contribution in [1.29, 1.82) is 0 Å². The third-order valence-corrected chi connectivity index (χ3v) is 4.27. The molecule has 2 aromatic carbocycles. The minimum Gasteiger partial charge on any atom is -0.419 e. The molecule has 4 nitrogen and oxygen atoms in total. The maximum Gasteiger partial charge on any atom is 0.247 e. The molecule has 0 aliphatic carbocycles. The van der Waals surface area contributed by atoms with Gasteiger partial charge in [-0.3, -0.25) is 4.90 Å². The number of hydrogen-bond donors (Lipinski definition) is 0. The summed E-state index contributed by atoms with van der Waals surface area (Å²) in [4.78, 5) is 2.32. The highest BCUT2D eigenvalue weighted by molar-refractivity contribution is 5.53. The van der Waals surface area contributed by atoms with Gasteiger partial charge in [0.15, 0.2) is 0 Å². The van der Waals surface area contributed by atoms with Crippen LogP contribution in [0.25, 0.3) is 11.5 Å². The lowest BCUT2D eigenvalue weighted by Crippen LogP contribution is -2.29. The number of nitrogens with zero attached hydrogens (tertiary/aromatic N) is 3. The molecule has 3 aromatic rings. The molecule has 1 aromatic heterocycles. The monoisotopic (exact) mass is 321 g/mol. The number of rotatable bonds is 6. The van der Waals surface area contributed by atoms with E-state index in [0.29, 0.717) is 11.8 Å². The van der Waals surface area contributed by atoms with Gasteiger partial charge >= 0.3 is 0 Å². The summed E-state index contributed by atoms with van der Waals surface area (Å²) >= 11 is 0. The van der Waals surface area contributed by atoms with Gasteiger partial charge in [0, 0.05) is 5.56 Å². The van der Waals surface area contributed by atoms with Crippen LogP contribution < -0.4 is 0 Å². The molecule has 0 radical (unpaired) electrons. The Kier molecular flexibility index (Phi) is 5.06. The Morgan fingerprint density at radius 2 is 1.58 bits per heavy atom. The molecular weight excluding hydrogens is 298 g/mol. The van der Waals surface area contributed by atoms with Crippen LogP contribution in [0.5, 0.6) is 0 Å². The van der Waals surface area contributed by atoms with E-state index in [4.69, 9.17) is 4.42 Å². The molecule has 0 unspecified atom stereocenters. The highest BCUT2D eigenvalue weighted by atomic mass is 16.4. The average molecular weight is 321 g/mol. The zero-order valence-corrected chi connectivity index (χ0v) is 14.4. The third kappa shape index (κ3) is 3.39. The van der Waals surface area contributed by atoms with Crippen molar-refractivity contribution in [2.45, 2.75) is 26.8 Å². The van der Waals surface area contributed by atoms with E-state index in [0.717, 1.165) is 18.7 Å². The molecule has 0 N–H and O–H groups in total. The first kappa shape index (κ1) is 16.4. The molecule has 0 aliphatic rings. The largest absolute Gasteiger partial charge is 0.419 e. The van der Waals surface area contributed by atoms with Gasteiger partial charge in [-0.25, -0.2) is 0 Å². The van der Waals surface area contributed by atoms with Crippen molar-refractivity contribution < 1.29 is 4.42 Å². The molecule has 1 atom stereocenters. The molecular formula is C20H23N3O. The smallest absolute Gasteiger partial charge is 0.247 e. The second-order valence-corrected chi connectivity index (χ2v) is 5.85. The summed E-state index contributed by atoms with van der Waals surface area (Å²) in [5.74, 6) is 1.21. The van der Waals surface area contributed by atoms with Crippen LogP contribution in [0.3, 0.4) is 0 Å². The van der Waals surface area contributed by atoms with E-state index in [1.165, 1.54) is 11.1 Å². The van der Waals surface area contributed by atoms with Crippen molar-refractivity contribution in [3.05, 3.63) is 71.6 Å². The van der Waals surface area contributed by atoms with Crippen LogP contribution in [0.1, 0.15) is 36.9 Å². The normalized spacial score (nSPS) is 12.5. The summed E-state index contributed by atoms with van der Waals surface area (Å²) in [5.41, 5.74) is 3.33. The van der Waals surface area contributed by atoms with Crippen molar-refractivity contribution in [3.8, 4) is 11.5 Å². The van der Waals surface area contributed by atoms with Gasteiger partial charge in [-0.05, 0) is 37.7 Å². The summed E-state index contributed by atoms with van der Waals surface area (Å²) in [6, 6.07) is 18.4. The van der Waals surface area contributed by atoms with Gasteiger partial charge < -0.3 is 4.42 Å². The second kappa shape index (κ2) is 7.41. The zero-order chi connectivity index (χ0) is 16.9. The van der Waals surface area contributed by atoms with Crippen LogP contribution in [0.15, 0.2) is 59.0 Å². The number of aromatic nitrogens is 2. The van der Waals surface area contributed by atoms with Crippen LogP contribution in [0.4, 0.5) is 0 Å². The van der Waals surface area contributed by atoms with Crippen molar-refractivity contribution in [3.63, 3.8) is 0 Å². The fraction of sp³-hybridized carbons (Fsp3) is 0.300. The van der Waals surface area contributed by atoms with Crippen LogP contribution in [0, 0.1) is 6.92 Å². The van der Waals surface area contributed by atoms with E-state index < -0.39 is 0 Å². The quantitative estimate of drug-likeness (QED) is 0.671. The fourth-order valence-corrected chi connectivity index (χ4v) is 2.89. The highest BCUT2D eigenvalue weighted by Gasteiger charge is 2.26. The van der Waals surface area contributed by atoms with E-state index in [-0.39, 0.29) is 6.04 Å². The minimum absolute atomic E-state index is 0.0205. The molecule has 24 heavy (non-hydrogen) atoms. The van der Waals surface area contributed by atoms with Gasteiger partial charge in [-0.1, -0.05) is 61.9 Å². The summed E-state index contributed by atoms with van der Waals surface area (Å²) in [6.45, 7) is 8.19. The predicted molar refractivity (Wildman–Crippen MR) is 95.7 cm³/mol. The first-order chi connectivity index (χ1) is 11.7. The van der Waals surface area contributed by atoms with Crippen LogP contribution in [-0.2, 0) is 0 Å². The van der Waals surface area contributed by atoms with E-state index in [1.54, 1.807) is 0 Å². The van der Waals surface area contributed by atoms with Crippen LogP contribution in [-0.4, -0.2) is 28.2 Å². The Balaban J connectivity index is 1.98. The van der Waals surface area contributed by atoms with Crippen LogP contribution in [0.2, 0.25) is 0 Å². The molecule has 0 bridgehead atoms. The summed E-state index contributed by atoms with van der Waals surface area (Å²) in [5, 5.41) is 8.62. The maximum atomic E-state index is 6.05. The van der Waals surface area contributed by atoms with E-state index in [2.05, 4.69) is 60.1 Å². The van der Waals surface area contributed by atoms with Crippen molar-refractivity contribution in [1.82, 2.24) is 15.1 Å². The number of benzene rings is 2. The summed E-state index contributed by atoms with van der Waals surface area (Å²) < 4.78 is 6.05. The van der Waals surface area contributed by atoms with Gasteiger partial charge in [-0.2, -0.15) is 0 Å². The maximum absolute atomic E-state index is 6.05. The van der Waals surface area contributed by atoms with Gasteiger partial charge in [0.25, 0.3) is 0 Å². The van der Waals surface area contributed by atoms with Gasteiger partial charge in [-0.15, -0.1) is 10.2 Å². The van der Waals surface area contributed by atoms with E-state index >= 15 is 0 Å². The molecule has 0 saturated heterocycles. The average Bonchev–Trinajstić information content (AvgIpc) is 3.10. The van der Waals surface area contributed by atoms with Crippen LogP contribution >= 0.6 is 0 Å². The number of hydrogen-bond acceptors (Lipinski definition) is 4. The molecule has 0 aliphatic heterocycles. The summed E-state index contributed by atoms with van der Waals surface area (Å²) in [6.07, 6.45) is 0. The Bertz CT molecular complexity index is 761. The molecule has 0 saturated carbocycles. The Morgan fingerprint density at radius 3 is 2.21 bits per heavy atom. The van der Waals surface area contributed by atoms with Gasteiger partial charge in [0.05, 0.1) is 0 Å². The lowest BCUT2D eigenvalue weighted by atomic mass is 10.1. The molecule has 0 amide bonds. The molecule has 4 heteroatoms. The first-order valence-electron chi connectivity index (χ1n) is 8.42. The molecule has 0 spiro atoms. The minimum atomic E-state index is -0.0205. The lowest BCUT2D eigenvalue weighted by Gasteiger charge is -2.27. The fourth-order valence-electron chi connectivity index (χ4n) is 2.89. The molecule has 0 fully saturated rings. The standard InChI is InChI=1S/C20H23N3O/c1-4-23(5-2)18(16-9-7-6-8-10-16)20-22-21-19(24-20)17-13-11-15(3)12-14-17/h6-14,18H,4-5H2,1-3H3/t18-/m0/s1. The van der Waals surface area contributed by atoms with Crippen molar-refractivity contribution >= 4 is 0 Å². The third-order valence-electron chi connectivity index (χ3n) is 4.27. The molecule has 3 rings (SSSR count). The van der Waals surface area contributed by atoms with E-state index in [9.17, 15) is 0 Å². The lowest BCUT2D eigenvalue weighted by molar-refractivity contribution is 0.219. The number of aryl methyl sites for hydroxylation is 1. The SMILES string of the molecule is CCN(CC)[C@@H](c1ccccc1)c1nnc(-c2ccc(C)cc2)o1. The highest BCUT2D eigenvalue weighted by Crippen LogP contribution is 2.29. The van der Waals surface area contributed by atoms with Crippen molar-refractivity contribution in [2.75, 3.05) is 13.1 Å².